The van der Waals surface area contributed by atoms with Crippen molar-refractivity contribution in [3.8, 4) is 0 Å². The first-order chi connectivity index (χ1) is 9.63. The van der Waals surface area contributed by atoms with Gasteiger partial charge in [-0.05, 0) is 45.7 Å². The van der Waals surface area contributed by atoms with Crippen LogP contribution in [0.3, 0.4) is 0 Å². The van der Waals surface area contributed by atoms with Crippen molar-refractivity contribution < 1.29 is 9.15 Å². The molecule has 114 valence electrons. The third-order valence-electron chi connectivity index (χ3n) is 4.31. The van der Waals surface area contributed by atoms with Crippen molar-refractivity contribution >= 4 is 0 Å². The van der Waals surface area contributed by atoms with E-state index in [-0.39, 0.29) is 6.10 Å². The van der Waals surface area contributed by atoms with Crippen molar-refractivity contribution in [1.82, 2.24) is 10.3 Å². The van der Waals surface area contributed by atoms with Crippen LogP contribution in [0.25, 0.3) is 0 Å². The SMILES string of the molecule is CCCNCCCc1ncc(C2C(C)OC(C)C2C)o1. The van der Waals surface area contributed by atoms with E-state index in [4.69, 9.17) is 9.15 Å². The van der Waals surface area contributed by atoms with Gasteiger partial charge in [0, 0.05) is 12.3 Å². The van der Waals surface area contributed by atoms with E-state index < -0.39 is 0 Å². The fourth-order valence-electron chi connectivity index (χ4n) is 3.02. The number of hydrogen-bond acceptors (Lipinski definition) is 4. The Labute approximate surface area is 122 Å². The predicted molar refractivity (Wildman–Crippen MR) is 79.9 cm³/mol. The number of hydrogen-bond donors (Lipinski definition) is 1. The first kappa shape index (κ1) is 15.5. The summed E-state index contributed by atoms with van der Waals surface area (Å²) in [5.41, 5.74) is 0. The molecule has 1 fully saturated rings. The van der Waals surface area contributed by atoms with Gasteiger partial charge in [0.2, 0.25) is 0 Å². The number of aromatic nitrogens is 1. The van der Waals surface area contributed by atoms with Crippen LogP contribution in [0.2, 0.25) is 0 Å². The molecule has 4 nitrogen and oxygen atoms in total. The first-order valence-corrected chi connectivity index (χ1v) is 7.94. The van der Waals surface area contributed by atoms with E-state index in [0.29, 0.717) is 17.9 Å². The lowest BCUT2D eigenvalue weighted by Gasteiger charge is -2.14. The van der Waals surface area contributed by atoms with Crippen LogP contribution in [0.4, 0.5) is 0 Å². The Bertz CT molecular complexity index is 405. The topological polar surface area (TPSA) is 47.3 Å². The summed E-state index contributed by atoms with van der Waals surface area (Å²) in [6.45, 7) is 10.8. The quantitative estimate of drug-likeness (QED) is 0.780. The number of oxazole rings is 1. The largest absolute Gasteiger partial charge is 0.445 e. The molecule has 1 aliphatic heterocycles. The molecule has 0 radical (unpaired) electrons. The molecular formula is C16H28N2O2. The van der Waals surface area contributed by atoms with E-state index in [9.17, 15) is 0 Å². The summed E-state index contributed by atoms with van der Waals surface area (Å²) in [4.78, 5) is 4.42. The molecule has 1 saturated heterocycles. The maximum atomic E-state index is 5.94. The molecule has 2 rings (SSSR count). The molecule has 0 aromatic carbocycles. The number of ether oxygens (including phenoxy) is 1. The molecule has 4 unspecified atom stereocenters. The molecule has 0 saturated carbocycles. The second-order valence-electron chi connectivity index (χ2n) is 5.94. The monoisotopic (exact) mass is 280 g/mol. The number of aryl methyl sites for hydroxylation is 1. The number of nitrogens with zero attached hydrogens (tertiary/aromatic N) is 1. The average Bonchev–Trinajstić information content (AvgIpc) is 2.95. The van der Waals surface area contributed by atoms with Crippen LogP contribution in [-0.4, -0.2) is 30.3 Å². The zero-order valence-electron chi connectivity index (χ0n) is 13.2. The highest BCUT2D eigenvalue weighted by Gasteiger charge is 2.40. The minimum atomic E-state index is 0.215. The van der Waals surface area contributed by atoms with Gasteiger partial charge in [0.05, 0.1) is 18.4 Å². The standard InChI is InChI=1S/C16H28N2O2/c1-5-8-17-9-6-7-15-18-10-14(20-15)16-11(2)12(3)19-13(16)4/h10-13,16-17H,5-9H2,1-4H3. The fourth-order valence-corrected chi connectivity index (χ4v) is 3.02. The third kappa shape index (κ3) is 3.61. The second-order valence-corrected chi connectivity index (χ2v) is 5.94. The highest BCUT2D eigenvalue weighted by molar-refractivity contribution is 5.09. The van der Waals surface area contributed by atoms with Gasteiger partial charge in [-0.2, -0.15) is 0 Å². The Hall–Kier alpha value is -0.870. The van der Waals surface area contributed by atoms with Crippen LogP contribution in [0.1, 0.15) is 58.1 Å². The zero-order chi connectivity index (χ0) is 14.5. The van der Waals surface area contributed by atoms with Gasteiger partial charge in [-0.1, -0.05) is 13.8 Å². The van der Waals surface area contributed by atoms with E-state index in [2.05, 4.69) is 38.0 Å². The van der Waals surface area contributed by atoms with Crippen molar-refractivity contribution in [2.75, 3.05) is 13.1 Å². The van der Waals surface area contributed by atoms with Gasteiger partial charge in [-0.15, -0.1) is 0 Å². The minimum absolute atomic E-state index is 0.215. The van der Waals surface area contributed by atoms with Gasteiger partial charge in [0.15, 0.2) is 5.89 Å². The Balaban J connectivity index is 1.86. The summed E-state index contributed by atoms with van der Waals surface area (Å²) < 4.78 is 11.8. The van der Waals surface area contributed by atoms with Crippen molar-refractivity contribution in [2.45, 2.75) is 65.1 Å². The fraction of sp³-hybridized carbons (Fsp3) is 0.812. The molecule has 0 aliphatic carbocycles. The minimum Gasteiger partial charge on any atom is -0.445 e. The molecule has 4 heteroatoms. The van der Waals surface area contributed by atoms with Crippen LogP contribution in [-0.2, 0) is 11.2 Å². The predicted octanol–water partition coefficient (Wildman–Crippen LogP) is 3.13. The van der Waals surface area contributed by atoms with Crippen molar-refractivity contribution in [3.63, 3.8) is 0 Å². The smallest absolute Gasteiger partial charge is 0.194 e. The molecule has 0 spiro atoms. The highest BCUT2D eigenvalue weighted by Crippen LogP contribution is 2.39. The van der Waals surface area contributed by atoms with Gasteiger partial charge >= 0.3 is 0 Å². The maximum Gasteiger partial charge on any atom is 0.194 e. The molecule has 1 N–H and O–H groups in total. The molecule has 1 aromatic heterocycles. The van der Waals surface area contributed by atoms with Crippen LogP contribution in [0.5, 0.6) is 0 Å². The molecule has 1 aliphatic rings. The van der Waals surface area contributed by atoms with E-state index in [1.54, 1.807) is 0 Å². The number of rotatable bonds is 7. The maximum absolute atomic E-state index is 5.94. The van der Waals surface area contributed by atoms with Crippen molar-refractivity contribution in [2.24, 2.45) is 5.92 Å². The molecular weight excluding hydrogens is 252 g/mol. The highest BCUT2D eigenvalue weighted by atomic mass is 16.5. The second kappa shape index (κ2) is 7.23. The van der Waals surface area contributed by atoms with Crippen molar-refractivity contribution in [3.05, 3.63) is 17.8 Å². The van der Waals surface area contributed by atoms with Gasteiger partial charge < -0.3 is 14.5 Å². The third-order valence-corrected chi connectivity index (χ3v) is 4.31. The van der Waals surface area contributed by atoms with Crippen LogP contribution < -0.4 is 5.32 Å². The summed E-state index contributed by atoms with van der Waals surface area (Å²) in [5.74, 6) is 2.67. The van der Waals surface area contributed by atoms with Gasteiger partial charge in [0.1, 0.15) is 5.76 Å². The normalized spacial score (nSPS) is 30.0. The zero-order valence-corrected chi connectivity index (χ0v) is 13.2. The van der Waals surface area contributed by atoms with Gasteiger partial charge in [-0.25, -0.2) is 4.98 Å². The Morgan fingerprint density at radius 3 is 2.65 bits per heavy atom. The molecule has 0 bridgehead atoms. The summed E-state index contributed by atoms with van der Waals surface area (Å²) >= 11 is 0. The summed E-state index contributed by atoms with van der Waals surface area (Å²) in [6.07, 6.45) is 5.56. The molecule has 4 atom stereocenters. The van der Waals surface area contributed by atoms with E-state index in [1.165, 1.54) is 6.42 Å². The lowest BCUT2D eigenvalue weighted by atomic mass is 9.88. The first-order valence-electron chi connectivity index (χ1n) is 7.94. The van der Waals surface area contributed by atoms with Gasteiger partial charge in [-0.3, -0.25) is 0 Å². The van der Waals surface area contributed by atoms with Crippen LogP contribution >= 0.6 is 0 Å². The van der Waals surface area contributed by atoms with E-state index in [0.717, 1.165) is 37.6 Å². The molecule has 20 heavy (non-hydrogen) atoms. The molecule has 1 aromatic rings. The van der Waals surface area contributed by atoms with E-state index in [1.807, 2.05) is 6.20 Å². The van der Waals surface area contributed by atoms with Crippen molar-refractivity contribution in [1.29, 1.82) is 0 Å². The Morgan fingerprint density at radius 2 is 2.00 bits per heavy atom. The summed E-state index contributed by atoms with van der Waals surface area (Å²) in [6, 6.07) is 0. The lowest BCUT2D eigenvalue weighted by molar-refractivity contribution is 0.0547. The summed E-state index contributed by atoms with van der Waals surface area (Å²) in [5, 5.41) is 3.40. The average molecular weight is 280 g/mol. The summed E-state index contributed by atoms with van der Waals surface area (Å²) in [7, 11) is 0. The van der Waals surface area contributed by atoms with E-state index >= 15 is 0 Å². The van der Waals surface area contributed by atoms with Gasteiger partial charge in [0.25, 0.3) is 0 Å². The Morgan fingerprint density at radius 1 is 1.20 bits per heavy atom. The van der Waals surface area contributed by atoms with Crippen LogP contribution in [0, 0.1) is 5.92 Å². The lowest BCUT2D eigenvalue weighted by Crippen LogP contribution is -2.16. The molecule has 2 heterocycles. The molecule has 0 amide bonds. The van der Waals surface area contributed by atoms with Crippen LogP contribution in [0.15, 0.2) is 10.6 Å². The Kier molecular flexibility index (Phi) is 5.61. The number of nitrogens with one attached hydrogen (secondary N) is 1.